The van der Waals surface area contributed by atoms with Crippen molar-refractivity contribution >= 4 is 16.9 Å². The SMILES string of the molecule is CC(C)(O)Cn1cc(C(=O)O)c2ccc(F)cc21. The normalized spacial score (nSPS) is 12.0. The number of aromatic carboxylic acids is 1. The zero-order chi connectivity index (χ0) is 13.5. The van der Waals surface area contributed by atoms with E-state index in [1.54, 1.807) is 18.4 Å². The molecule has 0 amide bonds. The molecule has 0 fully saturated rings. The second-order valence-electron chi connectivity index (χ2n) is 4.95. The Hall–Kier alpha value is -1.88. The molecule has 96 valence electrons. The molecule has 0 aliphatic carbocycles. The van der Waals surface area contributed by atoms with Crippen LogP contribution in [0.25, 0.3) is 10.9 Å². The highest BCUT2D eigenvalue weighted by molar-refractivity contribution is 6.03. The maximum atomic E-state index is 13.2. The van der Waals surface area contributed by atoms with E-state index in [0.29, 0.717) is 10.9 Å². The lowest BCUT2D eigenvalue weighted by Crippen LogP contribution is -2.25. The standard InChI is InChI=1S/C13H14FNO3/c1-13(2,18)7-15-6-10(12(16)17)9-4-3-8(14)5-11(9)15/h3-6,18H,7H2,1-2H3,(H,16,17). The summed E-state index contributed by atoms with van der Waals surface area (Å²) in [4.78, 5) is 11.1. The largest absolute Gasteiger partial charge is 0.478 e. The molecule has 1 aromatic heterocycles. The Bertz CT molecular complexity index is 610. The summed E-state index contributed by atoms with van der Waals surface area (Å²) in [7, 11) is 0. The second-order valence-corrected chi connectivity index (χ2v) is 4.95. The molecule has 0 spiro atoms. The van der Waals surface area contributed by atoms with Gasteiger partial charge in [-0.3, -0.25) is 0 Å². The van der Waals surface area contributed by atoms with E-state index in [4.69, 9.17) is 5.11 Å². The quantitative estimate of drug-likeness (QED) is 0.879. The highest BCUT2D eigenvalue weighted by Gasteiger charge is 2.19. The number of carboxylic acid groups (broad SMARTS) is 1. The van der Waals surface area contributed by atoms with Crippen molar-refractivity contribution in [2.45, 2.75) is 26.0 Å². The van der Waals surface area contributed by atoms with E-state index >= 15 is 0 Å². The Morgan fingerprint density at radius 3 is 2.67 bits per heavy atom. The molecule has 0 saturated heterocycles. The van der Waals surface area contributed by atoms with Crippen LogP contribution in [0, 0.1) is 5.82 Å². The zero-order valence-electron chi connectivity index (χ0n) is 10.1. The third kappa shape index (κ3) is 2.36. The van der Waals surface area contributed by atoms with Crippen LogP contribution in [0.5, 0.6) is 0 Å². The smallest absolute Gasteiger partial charge is 0.337 e. The number of carboxylic acids is 1. The van der Waals surface area contributed by atoms with Gasteiger partial charge in [0.25, 0.3) is 0 Å². The van der Waals surface area contributed by atoms with Crippen LogP contribution in [0.1, 0.15) is 24.2 Å². The van der Waals surface area contributed by atoms with Crippen LogP contribution in [0.15, 0.2) is 24.4 Å². The van der Waals surface area contributed by atoms with Crippen LogP contribution >= 0.6 is 0 Å². The van der Waals surface area contributed by atoms with Crippen LogP contribution in [-0.2, 0) is 6.54 Å². The van der Waals surface area contributed by atoms with Gasteiger partial charge in [0.15, 0.2) is 0 Å². The van der Waals surface area contributed by atoms with Gasteiger partial charge in [0.1, 0.15) is 5.82 Å². The predicted octanol–water partition coefficient (Wildman–Crippen LogP) is 2.25. The lowest BCUT2D eigenvalue weighted by Gasteiger charge is -2.18. The van der Waals surface area contributed by atoms with Gasteiger partial charge in [-0.2, -0.15) is 0 Å². The summed E-state index contributed by atoms with van der Waals surface area (Å²) in [5, 5.41) is 19.3. The number of nitrogens with zero attached hydrogens (tertiary/aromatic N) is 1. The lowest BCUT2D eigenvalue weighted by atomic mass is 10.1. The summed E-state index contributed by atoms with van der Waals surface area (Å²) >= 11 is 0. The van der Waals surface area contributed by atoms with Crippen molar-refractivity contribution in [1.82, 2.24) is 4.57 Å². The molecule has 0 unspecified atom stereocenters. The van der Waals surface area contributed by atoms with Gasteiger partial charge < -0.3 is 14.8 Å². The first-order valence-corrected chi connectivity index (χ1v) is 5.52. The number of aliphatic hydroxyl groups is 1. The Kier molecular flexibility index (Phi) is 2.86. The fraction of sp³-hybridized carbons (Fsp3) is 0.308. The summed E-state index contributed by atoms with van der Waals surface area (Å²) in [5.41, 5.74) is -0.433. The highest BCUT2D eigenvalue weighted by atomic mass is 19.1. The highest BCUT2D eigenvalue weighted by Crippen LogP contribution is 2.24. The first-order valence-electron chi connectivity index (χ1n) is 5.52. The number of benzene rings is 1. The second kappa shape index (κ2) is 4.10. The molecule has 0 radical (unpaired) electrons. The maximum absolute atomic E-state index is 13.2. The summed E-state index contributed by atoms with van der Waals surface area (Å²) in [5.74, 6) is -1.50. The summed E-state index contributed by atoms with van der Waals surface area (Å²) in [6, 6.07) is 3.94. The van der Waals surface area contributed by atoms with Crippen LogP contribution in [0.2, 0.25) is 0 Å². The Morgan fingerprint density at radius 1 is 1.44 bits per heavy atom. The lowest BCUT2D eigenvalue weighted by molar-refractivity contribution is 0.0619. The van der Waals surface area contributed by atoms with Gasteiger partial charge in [0, 0.05) is 11.6 Å². The molecule has 1 aromatic carbocycles. The monoisotopic (exact) mass is 251 g/mol. The van der Waals surface area contributed by atoms with Crippen LogP contribution in [0.4, 0.5) is 4.39 Å². The number of rotatable bonds is 3. The summed E-state index contributed by atoms with van der Waals surface area (Å²) in [6.45, 7) is 3.41. The van der Waals surface area contributed by atoms with Gasteiger partial charge >= 0.3 is 5.97 Å². The average molecular weight is 251 g/mol. The van der Waals surface area contributed by atoms with E-state index in [9.17, 15) is 14.3 Å². The number of hydrogen-bond acceptors (Lipinski definition) is 2. The molecule has 0 aliphatic heterocycles. The summed E-state index contributed by atoms with van der Waals surface area (Å²) in [6.07, 6.45) is 1.42. The molecule has 0 aliphatic rings. The molecule has 18 heavy (non-hydrogen) atoms. The van der Waals surface area contributed by atoms with Gasteiger partial charge in [-0.1, -0.05) is 0 Å². The van der Waals surface area contributed by atoms with Gasteiger partial charge in [0.2, 0.25) is 0 Å². The molecule has 0 bridgehead atoms. The minimum absolute atomic E-state index is 0.106. The topological polar surface area (TPSA) is 62.5 Å². The van der Waals surface area contributed by atoms with E-state index in [2.05, 4.69) is 0 Å². The molecular formula is C13H14FNO3. The molecule has 0 atom stereocenters. The molecule has 0 saturated carbocycles. The van der Waals surface area contributed by atoms with Crippen LogP contribution in [-0.4, -0.2) is 26.4 Å². The molecule has 2 N–H and O–H groups in total. The van der Waals surface area contributed by atoms with Crippen molar-refractivity contribution in [2.24, 2.45) is 0 Å². The Balaban J connectivity index is 2.65. The predicted molar refractivity (Wildman–Crippen MR) is 65.2 cm³/mol. The fourth-order valence-corrected chi connectivity index (χ4v) is 1.98. The van der Waals surface area contributed by atoms with Crippen LogP contribution in [0.3, 0.4) is 0 Å². The number of carbonyl (C=O) groups is 1. The first-order chi connectivity index (χ1) is 8.28. The number of aromatic nitrogens is 1. The van der Waals surface area contributed by atoms with Crippen molar-refractivity contribution in [1.29, 1.82) is 0 Å². The van der Waals surface area contributed by atoms with E-state index < -0.39 is 17.4 Å². The maximum Gasteiger partial charge on any atom is 0.337 e. The van der Waals surface area contributed by atoms with Crippen molar-refractivity contribution in [2.75, 3.05) is 0 Å². The van der Waals surface area contributed by atoms with E-state index in [-0.39, 0.29) is 12.1 Å². The van der Waals surface area contributed by atoms with Gasteiger partial charge in [-0.05, 0) is 32.0 Å². The molecule has 5 heteroatoms. The Morgan fingerprint density at radius 2 is 2.11 bits per heavy atom. The third-order valence-corrected chi connectivity index (χ3v) is 2.63. The van der Waals surface area contributed by atoms with Gasteiger partial charge in [0.05, 0.1) is 23.2 Å². The van der Waals surface area contributed by atoms with E-state index in [0.717, 1.165) is 0 Å². The minimum Gasteiger partial charge on any atom is -0.478 e. The fourth-order valence-electron chi connectivity index (χ4n) is 1.98. The van der Waals surface area contributed by atoms with Gasteiger partial charge in [-0.25, -0.2) is 9.18 Å². The number of fused-ring (bicyclic) bond motifs is 1. The van der Waals surface area contributed by atoms with Crippen molar-refractivity contribution < 1.29 is 19.4 Å². The summed E-state index contributed by atoms with van der Waals surface area (Å²) < 4.78 is 14.8. The number of halogens is 1. The molecule has 2 rings (SSSR count). The van der Waals surface area contributed by atoms with Crippen molar-refractivity contribution in [3.8, 4) is 0 Å². The van der Waals surface area contributed by atoms with Crippen LogP contribution < -0.4 is 0 Å². The minimum atomic E-state index is -1.07. The number of hydrogen-bond donors (Lipinski definition) is 2. The molecular weight excluding hydrogens is 237 g/mol. The zero-order valence-corrected chi connectivity index (χ0v) is 10.1. The van der Waals surface area contributed by atoms with Gasteiger partial charge in [-0.15, -0.1) is 0 Å². The first kappa shape index (κ1) is 12.6. The third-order valence-electron chi connectivity index (χ3n) is 2.63. The van der Waals surface area contributed by atoms with E-state index in [1.165, 1.54) is 24.4 Å². The van der Waals surface area contributed by atoms with Crippen molar-refractivity contribution in [3.05, 3.63) is 35.8 Å². The Labute approximate surface area is 103 Å². The molecule has 2 aromatic rings. The average Bonchev–Trinajstić information content (AvgIpc) is 2.54. The molecule has 1 heterocycles. The van der Waals surface area contributed by atoms with Crippen molar-refractivity contribution in [3.63, 3.8) is 0 Å². The molecule has 4 nitrogen and oxygen atoms in total. The van der Waals surface area contributed by atoms with E-state index in [1.807, 2.05) is 0 Å².